The zero-order valence-corrected chi connectivity index (χ0v) is 15.4. The van der Waals surface area contributed by atoms with Crippen LogP contribution in [0.2, 0.25) is 5.02 Å². The third kappa shape index (κ3) is 2.73. The molecule has 3 heteroatoms. The summed E-state index contributed by atoms with van der Waals surface area (Å²) in [5.74, 6) is 0.275. The van der Waals surface area contributed by atoms with Gasteiger partial charge in [0.25, 0.3) is 0 Å². The summed E-state index contributed by atoms with van der Waals surface area (Å²) >= 11 is 6.22. The highest BCUT2D eigenvalue weighted by Crippen LogP contribution is 2.41. The zero-order valence-electron chi connectivity index (χ0n) is 14.7. The summed E-state index contributed by atoms with van der Waals surface area (Å²) in [6, 6.07) is 26.3. The smallest absolute Gasteiger partial charge is 0.117 e. The molecule has 0 unspecified atom stereocenters. The molecular formula is C24H18ClNO. The van der Waals surface area contributed by atoms with E-state index in [1.54, 1.807) is 6.07 Å². The Morgan fingerprint density at radius 2 is 1.63 bits per heavy atom. The summed E-state index contributed by atoms with van der Waals surface area (Å²) < 4.78 is 2.28. The number of aryl methyl sites for hydroxylation is 1. The molecule has 1 N–H and O–H groups in total. The fourth-order valence-corrected chi connectivity index (χ4v) is 4.26. The summed E-state index contributed by atoms with van der Waals surface area (Å²) in [7, 11) is 0. The van der Waals surface area contributed by atoms with Crippen LogP contribution in [0.4, 0.5) is 0 Å². The predicted octanol–water partition coefficient (Wildman–Crippen LogP) is 6.27. The molecule has 1 aliphatic rings. The molecule has 3 aromatic carbocycles. The van der Waals surface area contributed by atoms with E-state index in [0.717, 1.165) is 34.8 Å². The van der Waals surface area contributed by atoms with Gasteiger partial charge in [-0.1, -0.05) is 54.1 Å². The molecule has 0 saturated heterocycles. The molecule has 0 radical (unpaired) electrons. The molecule has 2 nitrogen and oxygen atoms in total. The van der Waals surface area contributed by atoms with Gasteiger partial charge in [-0.15, -0.1) is 0 Å². The standard InChI is InChI=1S/C24H18ClNO/c25-18-10-11-21-17(13-18)9-12-23-22(21)15-24(16-5-2-1-3-6-16)26(23)19-7-4-8-20(27)14-19/h1-8,10-11,13-15,27H,9,12H2. The number of phenols is 1. The highest BCUT2D eigenvalue weighted by Gasteiger charge is 2.24. The van der Waals surface area contributed by atoms with Gasteiger partial charge in [-0.05, 0) is 59.9 Å². The minimum Gasteiger partial charge on any atom is -0.508 e. The summed E-state index contributed by atoms with van der Waals surface area (Å²) in [5, 5.41) is 10.8. The Labute approximate surface area is 163 Å². The van der Waals surface area contributed by atoms with E-state index in [2.05, 4.69) is 47.0 Å². The van der Waals surface area contributed by atoms with E-state index in [1.165, 1.54) is 22.4 Å². The largest absolute Gasteiger partial charge is 0.508 e. The number of aromatic hydroxyl groups is 1. The van der Waals surface area contributed by atoms with E-state index < -0.39 is 0 Å². The van der Waals surface area contributed by atoms with Crippen molar-refractivity contribution in [2.45, 2.75) is 12.8 Å². The van der Waals surface area contributed by atoms with Crippen LogP contribution >= 0.6 is 11.6 Å². The van der Waals surface area contributed by atoms with Crippen molar-refractivity contribution in [3.05, 3.63) is 95.1 Å². The first-order valence-corrected chi connectivity index (χ1v) is 9.47. The van der Waals surface area contributed by atoms with Gasteiger partial charge in [-0.3, -0.25) is 0 Å². The van der Waals surface area contributed by atoms with Gasteiger partial charge in [0.2, 0.25) is 0 Å². The maximum atomic E-state index is 10.0. The van der Waals surface area contributed by atoms with Crippen molar-refractivity contribution in [3.63, 3.8) is 0 Å². The van der Waals surface area contributed by atoms with Crippen LogP contribution in [0.3, 0.4) is 0 Å². The third-order valence-corrected chi connectivity index (χ3v) is 5.48. The van der Waals surface area contributed by atoms with Crippen molar-refractivity contribution in [2.75, 3.05) is 0 Å². The third-order valence-electron chi connectivity index (χ3n) is 5.25. The maximum Gasteiger partial charge on any atom is 0.117 e. The lowest BCUT2D eigenvalue weighted by Crippen LogP contribution is -2.08. The van der Waals surface area contributed by atoms with Crippen molar-refractivity contribution < 1.29 is 5.11 Å². The second kappa shape index (κ2) is 6.33. The monoisotopic (exact) mass is 371 g/mol. The number of rotatable bonds is 2. The number of aromatic nitrogens is 1. The van der Waals surface area contributed by atoms with E-state index in [1.807, 2.05) is 30.3 Å². The molecule has 0 amide bonds. The summed E-state index contributed by atoms with van der Waals surface area (Å²) in [5.41, 5.74) is 8.33. The summed E-state index contributed by atoms with van der Waals surface area (Å²) in [6.07, 6.45) is 1.89. The van der Waals surface area contributed by atoms with E-state index in [-0.39, 0.29) is 5.75 Å². The van der Waals surface area contributed by atoms with Gasteiger partial charge in [-0.2, -0.15) is 0 Å². The van der Waals surface area contributed by atoms with Crippen molar-refractivity contribution in [2.24, 2.45) is 0 Å². The van der Waals surface area contributed by atoms with Gasteiger partial charge < -0.3 is 9.67 Å². The molecule has 0 spiro atoms. The van der Waals surface area contributed by atoms with Gasteiger partial charge in [0.1, 0.15) is 5.75 Å². The first-order chi connectivity index (χ1) is 13.2. The molecular weight excluding hydrogens is 354 g/mol. The molecule has 0 bridgehead atoms. The molecule has 4 aromatic rings. The van der Waals surface area contributed by atoms with Gasteiger partial charge in [0.15, 0.2) is 0 Å². The first-order valence-electron chi connectivity index (χ1n) is 9.09. The Morgan fingerprint density at radius 1 is 0.778 bits per heavy atom. The van der Waals surface area contributed by atoms with E-state index in [9.17, 15) is 5.11 Å². The number of benzene rings is 3. The molecule has 0 fully saturated rings. The first kappa shape index (κ1) is 16.2. The van der Waals surface area contributed by atoms with E-state index in [0.29, 0.717) is 0 Å². The van der Waals surface area contributed by atoms with Crippen molar-refractivity contribution >= 4 is 11.6 Å². The molecule has 0 atom stereocenters. The van der Waals surface area contributed by atoms with E-state index >= 15 is 0 Å². The van der Waals surface area contributed by atoms with Crippen LogP contribution < -0.4 is 0 Å². The van der Waals surface area contributed by atoms with Crippen LogP contribution in [-0.4, -0.2) is 9.67 Å². The number of halogens is 1. The maximum absolute atomic E-state index is 10.0. The van der Waals surface area contributed by atoms with Crippen LogP contribution in [0.25, 0.3) is 28.1 Å². The lowest BCUT2D eigenvalue weighted by atomic mass is 9.89. The second-order valence-electron chi connectivity index (χ2n) is 6.91. The molecule has 27 heavy (non-hydrogen) atoms. The van der Waals surface area contributed by atoms with Crippen molar-refractivity contribution in [3.8, 4) is 33.8 Å². The number of nitrogens with zero attached hydrogens (tertiary/aromatic N) is 1. The average Bonchev–Trinajstić information content (AvgIpc) is 3.08. The van der Waals surface area contributed by atoms with Crippen LogP contribution in [0.15, 0.2) is 78.9 Å². The van der Waals surface area contributed by atoms with Crippen LogP contribution in [0, 0.1) is 0 Å². The quantitative estimate of drug-likeness (QED) is 0.441. The molecule has 5 rings (SSSR count). The zero-order chi connectivity index (χ0) is 18.4. The van der Waals surface area contributed by atoms with Gasteiger partial charge in [0.05, 0.1) is 5.69 Å². The van der Waals surface area contributed by atoms with Crippen LogP contribution in [0.1, 0.15) is 11.3 Å². The predicted molar refractivity (Wildman–Crippen MR) is 111 cm³/mol. The molecule has 0 saturated carbocycles. The Balaban J connectivity index is 1.81. The average molecular weight is 372 g/mol. The van der Waals surface area contributed by atoms with Gasteiger partial charge >= 0.3 is 0 Å². The number of hydrogen-bond donors (Lipinski definition) is 1. The van der Waals surface area contributed by atoms with Crippen molar-refractivity contribution in [1.29, 1.82) is 0 Å². The molecule has 132 valence electrons. The number of phenolic OH excluding ortho intramolecular Hbond substituents is 1. The molecule has 1 aliphatic carbocycles. The number of hydrogen-bond acceptors (Lipinski definition) is 1. The Hall–Kier alpha value is -2.97. The summed E-state index contributed by atoms with van der Waals surface area (Å²) in [6.45, 7) is 0. The lowest BCUT2D eigenvalue weighted by Gasteiger charge is -2.20. The normalized spacial score (nSPS) is 12.5. The molecule has 1 heterocycles. The fourth-order valence-electron chi connectivity index (χ4n) is 4.06. The minimum absolute atomic E-state index is 0.275. The van der Waals surface area contributed by atoms with Crippen LogP contribution in [-0.2, 0) is 12.8 Å². The van der Waals surface area contributed by atoms with Gasteiger partial charge in [0, 0.05) is 28.0 Å². The highest BCUT2D eigenvalue weighted by atomic mass is 35.5. The SMILES string of the molecule is Oc1cccc(-n2c(-c3ccccc3)cc3c2CCc2cc(Cl)ccc2-3)c1. The van der Waals surface area contributed by atoms with Gasteiger partial charge in [-0.25, -0.2) is 0 Å². The molecule has 0 aliphatic heterocycles. The molecule has 1 aromatic heterocycles. The topological polar surface area (TPSA) is 25.2 Å². The Kier molecular flexibility index (Phi) is 3.80. The Morgan fingerprint density at radius 3 is 2.44 bits per heavy atom. The van der Waals surface area contributed by atoms with E-state index in [4.69, 9.17) is 11.6 Å². The fraction of sp³-hybridized carbons (Fsp3) is 0.0833. The minimum atomic E-state index is 0.275. The lowest BCUT2D eigenvalue weighted by molar-refractivity contribution is 0.475. The Bertz CT molecular complexity index is 1140. The summed E-state index contributed by atoms with van der Waals surface area (Å²) in [4.78, 5) is 0. The number of fused-ring (bicyclic) bond motifs is 3. The second-order valence-corrected chi connectivity index (χ2v) is 7.35. The highest BCUT2D eigenvalue weighted by molar-refractivity contribution is 6.30. The van der Waals surface area contributed by atoms with Crippen molar-refractivity contribution in [1.82, 2.24) is 4.57 Å². The van der Waals surface area contributed by atoms with Crippen LogP contribution in [0.5, 0.6) is 5.75 Å².